The molecule has 4 heteroatoms. The molecule has 0 amide bonds. The molecule has 4 nitrogen and oxygen atoms in total. The maximum absolute atomic E-state index is 6.54. The average Bonchev–Trinajstić information content (AvgIpc) is 3.48. The van der Waals surface area contributed by atoms with E-state index in [1.165, 1.54) is 5.39 Å². The summed E-state index contributed by atoms with van der Waals surface area (Å²) in [7, 11) is 0. The van der Waals surface area contributed by atoms with Crippen molar-refractivity contribution in [2.24, 2.45) is 0 Å². The van der Waals surface area contributed by atoms with Crippen LogP contribution in [0.1, 0.15) is 0 Å². The largest absolute Gasteiger partial charge is 0.455 e. The minimum Gasteiger partial charge on any atom is -0.455 e. The number of furan rings is 1. The van der Waals surface area contributed by atoms with Crippen LogP contribution in [-0.4, -0.2) is 15.0 Å². The number of para-hydroxylation sites is 1. The van der Waals surface area contributed by atoms with E-state index in [1.54, 1.807) is 0 Å². The normalized spacial score (nSPS) is 11.7. The lowest BCUT2D eigenvalue weighted by molar-refractivity contribution is 0.673. The van der Waals surface area contributed by atoms with E-state index < -0.39 is 0 Å². The highest BCUT2D eigenvalue weighted by atomic mass is 16.3. The van der Waals surface area contributed by atoms with Crippen LogP contribution < -0.4 is 0 Å². The van der Waals surface area contributed by atoms with Crippen molar-refractivity contribution < 1.29 is 4.42 Å². The van der Waals surface area contributed by atoms with Crippen molar-refractivity contribution in [1.29, 1.82) is 0 Å². The molecule has 0 aliphatic rings. The molecule has 7 aromatic carbocycles. The molecule has 43 heavy (non-hydrogen) atoms. The molecule has 0 N–H and O–H groups in total. The molecule has 0 saturated carbocycles. The van der Waals surface area contributed by atoms with Gasteiger partial charge in [0.15, 0.2) is 17.5 Å². The summed E-state index contributed by atoms with van der Waals surface area (Å²) in [5.41, 5.74) is 4.59. The Kier molecular flexibility index (Phi) is 5.16. The summed E-state index contributed by atoms with van der Waals surface area (Å²) in [4.78, 5) is 15.2. The summed E-state index contributed by atoms with van der Waals surface area (Å²) in [5.74, 6) is 1.91. The van der Waals surface area contributed by atoms with E-state index in [4.69, 9.17) is 19.4 Å². The molecule has 0 aliphatic carbocycles. The fraction of sp³-hybridized carbons (Fsp3) is 0. The number of benzene rings is 7. The maximum atomic E-state index is 6.54. The molecule has 0 unspecified atom stereocenters. The van der Waals surface area contributed by atoms with E-state index in [2.05, 4.69) is 97.1 Å². The van der Waals surface area contributed by atoms with Crippen LogP contribution in [0.4, 0.5) is 0 Å². The van der Waals surface area contributed by atoms with Crippen LogP contribution in [-0.2, 0) is 0 Å². The van der Waals surface area contributed by atoms with Crippen molar-refractivity contribution >= 4 is 54.3 Å². The Morgan fingerprint density at radius 1 is 0.395 bits per heavy atom. The number of hydrogen-bond donors (Lipinski definition) is 0. The van der Waals surface area contributed by atoms with Gasteiger partial charge in [-0.15, -0.1) is 0 Å². The summed E-state index contributed by atoms with van der Waals surface area (Å²) in [6.45, 7) is 0. The minimum absolute atomic E-state index is 0.628. The molecule has 0 fully saturated rings. The fourth-order valence-corrected chi connectivity index (χ4v) is 6.31. The highest BCUT2D eigenvalue weighted by Crippen LogP contribution is 2.43. The smallest absolute Gasteiger partial charge is 0.164 e. The zero-order valence-corrected chi connectivity index (χ0v) is 23.0. The van der Waals surface area contributed by atoms with Gasteiger partial charge in [0.2, 0.25) is 0 Å². The molecule has 9 aromatic rings. The third-order valence-corrected chi connectivity index (χ3v) is 8.29. The minimum atomic E-state index is 0.628. The third-order valence-electron chi connectivity index (χ3n) is 8.29. The summed E-state index contributed by atoms with van der Waals surface area (Å²) >= 11 is 0. The van der Waals surface area contributed by atoms with Gasteiger partial charge < -0.3 is 4.42 Å². The molecule has 0 spiro atoms. The Morgan fingerprint density at radius 3 is 1.86 bits per heavy atom. The predicted octanol–water partition coefficient (Wildman–Crippen LogP) is 10.2. The van der Waals surface area contributed by atoms with E-state index in [0.29, 0.717) is 17.5 Å². The van der Waals surface area contributed by atoms with Crippen molar-refractivity contribution in [1.82, 2.24) is 15.0 Å². The number of aromatic nitrogens is 3. The van der Waals surface area contributed by atoms with Gasteiger partial charge in [-0.3, -0.25) is 0 Å². The van der Waals surface area contributed by atoms with Gasteiger partial charge >= 0.3 is 0 Å². The summed E-state index contributed by atoms with van der Waals surface area (Å²) in [5, 5.41) is 8.97. The van der Waals surface area contributed by atoms with Gasteiger partial charge in [0, 0.05) is 38.2 Å². The zero-order valence-electron chi connectivity index (χ0n) is 23.0. The first-order chi connectivity index (χ1) is 21.3. The lowest BCUT2D eigenvalue weighted by atomic mass is 9.93. The number of fused-ring (bicyclic) bond motifs is 9. The van der Waals surface area contributed by atoms with Gasteiger partial charge in [-0.2, -0.15) is 0 Å². The van der Waals surface area contributed by atoms with Gasteiger partial charge in [0.05, 0.1) is 0 Å². The van der Waals surface area contributed by atoms with Crippen molar-refractivity contribution in [2.75, 3.05) is 0 Å². The second-order valence-corrected chi connectivity index (χ2v) is 10.8. The first-order valence-electron chi connectivity index (χ1n) is 14.4. The van der Waals surface area contributed by atoms with Crippen molar-refractivity contribution in [2.45, 2.75) is 0 Å². The molecule has 0 atom stereocenters. The third kappa shape index (κ3) is 3.74. The van der Waals surface area contributed by atoms with Crippen LogP contribution in [0.5, 0.6) is 0 Å². The lowest BCUT2D eigenvalue weighted by Gasteiger charge is -2.13. The van der Waals surface area contributed by atoms with E-state index in [-0.39, 0.29) is 0 Å². The van der Waals surface area contributed by atoms with Crippen molar-refractivity contribution in [3.05, 3.63) is 140 Å². The highest BCUT2D eigenvalue weighted by Gasteiger charge is 2.20. The Hall–Kier alpha value is -5.87. The molecule has 0 radical (unpaired) electrons. The molecule has 9 rings (SSSR count). The standard InChI is InChI=1S/C39H23N3O/c1-2-12-25(13-3-1)37-40-38(27-22-21-24-11-4-5-14-26(24)23-27)42-39(41-37)32-19-10-18-31-34(32)28-15-6-7-16-29(28)35-30-17-8-9-20-33(30)43-36(31)35/h1-23H. The molecule has 2 heterocycles. The van der Waals surface area contributed by atoms with Crippen LogP contribution in [0.2, 0.25) is 0 Å². The second kappa shape index (κ2) is 9.33. The Morgan fingerprint density at radius 2 is 1.02 bits per heavy atom. The quantitative estimate of drug-likeness (QED) is 0.206. The van der Waals surface area contributed by atoms with Crippen LogP contribution in [0.15, 0.2) is 144 Å². The second-order valence-electron chi connectivity index (χ2n) is 10.8. The van der Waals surface area contributed by atoms with Crippen LogP contribution >= 0.6 is 0 Å². The van der Waals surface area contributed by atoms with E-state index in [0.717, 1.165) is 65.6 Å². The van der Waals surface area contributed by atoms with Crippen molar-refractivity contribution in [3.63, 3.8) is 0 Å². The summed E-state index contributed by atoms with van der Waals surface area (Å²) < 4.78 is 6.54. The molecule has 0 aliphatic heterocycles. The molecule has 2 aromatic heterocycles. The molecule has 0 bridgehead atoms. The first-order valence-corrected chi connectivity index (χ1v) is 14.4. The number of nitrogens with zero attached hydrogens (tertiary/aromatic N) is 3. The van der Waals surface area contributed by atoms with Gasteiger partial charge in [-0.05, 0) is 33.7 Å². The van der Waals surface area contributed by atoms with Gasteiger partial charge in [0.25, 0.3) is 0 Å². The van der Waals surface area contributed by atoms with Crippen LogP contribution in [0.25, 0.3) is 88.4 Å². The van der Waals surface area contributed by atoms with E-state index in [1.807, 2.05) is 42.5 Å². The summed E-state index contributed by atoms with van der Waals surface area (Å²) in [6.07, 6.45) is 0. The average molecular weight is 550 g/mol. The predicted molar refractivity (Wildman–Crippen MR) is 176 cm³/mol. The Bertz CT molecular complexity index is 2510. The fourth-order valence-electron chi connectivity index (χ4n) is 6.31. The van der Waals surface area contributed by atoms with Crippen molar-refractivity contribution in [3.8, 4) is 34.2 Å². The zero-order chi connectivity index (χ0) is 28.3. The Labute approximate surface area is 246 Å². The van der Waals surface area contributed by atoms with Gasteiger partial charge in [0.1, 0.15) is 11.2 Å². The van der Waals surface area contributed by atoms with Gasteiger partial charge in [-0.1, -0.05) is 127 Å². The van der Waals surface area contributed by atoms with E-state index in [9.17, 15) is 0 Å². The molecular formula is C39H23N3O. The van der Waals surface area contributed by atoms with Gasteiger partial charge in [-0.25, -0.2) is 15.0 Å². The van der Waals surface area contributed by atoms with E-state index >= 15 is 0 Å². The maximum Gasteiger partial charge on any atom is 0.164 e. The summed E-state index contributed by atoms with van der Waals surface area (Å²) in [6, 6.07) is 48.0. The Balaban J connectivity index is 1.38. The molecule has 0 saturated heterocycles. The lowest BCUT2D eigenvalue weighted by Crippen LogP contribution is -2.00. The molecular weight excluding hydrogens is 526 g/mol. The van der Waals surface area contributed by atoms with Crippen LogP contribution in [0, 0.1) is 0 Å². The monoisotopic (exact) mass is 549 g/mol. The topological polar surface area (TPSA) is 51.8 Å². The van der Waals surface area contributed by atoms with Crippen LogP contribution in [0.3, 0.4) is 0 Å². The first kappa shape index (κ1) is 23.8. The molecule has 200 valence electrons. The highest BCUT2D eigenvalue weighted by molar-refractivity contribution is 6.32. The SMILES string of the molecule is c1ccc(-c2nc(-c3ccc4ccccc4c3)nc(-c3cccc4c5oc6ccccc6c5c5ccccc5c34)n2)cc1. The number of hydrogen-bond acceptors (Lipinski definition) is 4. The number of rotatable bonds is 3.